The third-order valence-corrected chi connectivity index (χ3v) is 19.4. The molecule has 0 aromatic heterocycles. The molecule has 0 aromatic carbocycles. The number of aliphatic carboxylic acids is 1. The first-order valence-corrected chi connectivity index (χ1v) is 22.4. The number of hydrogen-bond acceptors (Lipinski definition) is 10. The molecular formula is C48H58O11. The van der Waals surface area contributed by atoms with Gasteiger partial charge in [0, 0.05) is 66.1 Å². The first kappa shape index (κ1) is 39.4. The predicted octanol–water partition coefficient (Wildman–Crippen LogP) is 6.93. The smallest absolute Gasteiger partial charge is 0.307 e. The quantitative estimate of drug-likeness (QED) is 0.136. The number of ether oxygens (including phenoxy) is 3. The van der Waals surface area contributed by atoms with Gasteiger partial charge in [-0.1, -0.05) is 50.5 Å². The van der Waals surface area contributed by atoms with E-state index in [2.05, 4.69) is 33.8 Å². The fraction of sp³-hybridized carbons (Fsp3) is 0.729. The van der Waals surface area contributed by atoms with Crippen molar-refractivity contribution in [3.05, 3.63) is 34.9 Å². The second-order valence-electron chi connectivity index (χ2n) is 21.4. The molecule has 11 aliphatic rings. The van der Waals surface area contributed by atoms with Crippen molar-refractivity contribution in [1.29, 1.82) is 0 Å². The largest absolute Gasteiger partial charge is 0.481 e. The highest BCUT2D eigenvalue weighted by molar-refractivity contribution is 6.37. The molecule has 8 aliphatic carbocycles. The highest BCUT2D eigenvalue weighted by atomic mass is 16.6. The molecule has 14 atom stereocenters. The van der Waals surface area contributed by atoms with E-state index in [1.54, 1.807) is 12.2 Å². The van der Waals surface area contributed by atoms with Crippen LogP contribution in [0.4, 0.5) is 0 Å². The van der Waals surface area contributed by atoms with Crippen molar-refractivity contribution in [2.45, 2.75) is 160 Å². The zero-order chi connectivity index (χ0) is 41.9. The minimum absolute atomic E-state index is 0.0193. The van der Waals surface area contributed by atoms with Crippen LogP contribution in [0.5, 0.6) is 0 Å². The highest BCUT2D eigenvalue weighted by Gasteiger charge is 2.83. The topological polar surface area (TPSA) is 171 Å². The summed E-state index contributed by atoms with van der Waals surface area (Å²) in [5, 5.41) is 10.2. The van der Waals surface area contributed by atoms with Crippen LogP contribution >= 0.6 is 0 Å². The summed E-state index contributed by atoms with van der Waals surface area (Å²) in [6.07, 6.45) is 16.6. The predicted molar refractivity (Wildman–Crippen MR) is 210 cm³/mol. The van der Waals surface area contributed by atoms with Gasteiger partial charge in [0.15, 0.2) is 17.3 Å². The average molecular weight is 811 g/mol. The number of hydrogen-bond donors (Lipinski definition) is 1. The van der Waals surface area contributed by atoms with E-state index in [0.717, 1.165) is 75.4 Å². The van der Waals surface area contributed by atoms with Crippen LogP contribution in [0.25, 0.3) is 0 Å². The third-order valence-electron chi connectivity index (χ3n) is 19.4. The number of ketones is 4. The molecule has 0 unspecified atom stereocenters. The molecule has 0 bridgehead atoms. The molecule has 59 heavy (non-hydrogen) atoms. The molecule has 0 aromatic rings. The molecule has 0 radical (unpaired) electrons. The van der Waals surface area contributed by atoms with Gasteiger partial charge in [-0.05, 0) is 107 Å². The van der Waals surface area contributed by atoms with Crippen LogP contribution in [-0.2, 0) is 47.8 Å². The Morgan fingerprint density at radius 3 is 1.92 bits per heavy atom. The summed E-state index contributed by atoms with van der Waals surface area (Å²) >= 11 is 0. The standard InChI is InChI=1S/C25H30O5.C23H28O6/c1-14(26)22(29)17-13-15-12-16(27)4-8-23(15,2)18-5-9-24(3)19(21(17)18)6-10-25(24)11-7-20(28)30-25;1-20-6-3-13(24)9-12(20)10-14(19(26)27)18-15-4-7-22(8-5-17(25)29-22)21(15,2)11-16-23(18,20)28-16/h5,12,17,19,21H,4,6-11,13H2,1-3H3;9,14-16,18H,3-8,10-11H2,1-2H3,(H,26,27)/t17-,19+,21-,23+,24+,25-;14-,15+,16-,18+,20+,21+,22-,23-/m11/s1. The Labute approximate surface area is 345 Å². The lowest BCUT2D eigenvalue weighted by molar-refractivity contribution is -0.171. The molecular weight excluding hydrogens is 753 g/mol. The third kappa shape index (κ3) is 4.94. The molecule has 316 valence electrons. The summed E-state index contributed by atoms with van der Waals surface area (Å²) < 4.78 is 18.5. The van der Waals surface area contributed by atoms with Crippen LogP contribution in [0.15, 0.2) is 34.9 Å². The van der Waals surface area contributed by atoms with E-state index < -0.39 is 40.4 Å². The maximum atomic E-state index is 13.1. The minimum Gasteiger partial charge on any atom is -0.481 e. The van der Waals surface area contributed by atoms with E-state index in [-0.39, 0.29) is 80.7 Å². The van der Waals surface area contributed by atoms with E-state index >= 15 is 0 Å². The van der Waals surface area contributed by atoms with E-state index in [1.807, 2.05) is 0 Å². The lowest BCUT2D eigenvalue weighted by atomic mass is 9.43. The van der Waals surface area contributed by atoms with Gasteiger partial charge in [-0.25, -0.2) is 0 Å². The molecule has 11 nitrogen and oxygen atoms in total. The van der Waals surface area contributed by atoms with Crippen LogP contribution in [0.3, 0.4) is 0 Å². The molecule has 3 heterocycles. The second-order valence-corrected chi connectivity index (χ2v) is 21.4. The SMILES string of the molecule is CC(=O)C(=O)[C@@H]1CC2=CC(=O)CC[C@]2(C)C2=CC[C@@]3(C)[C@@H](CC[C@@]34CCC(=O)O4)[C@@H]21.C[C@]12CCC(=O)C=C1C[C@@H](C(=O)O)[C@H]1[C@@H]3CC[C@@]4(CCC(=O)O4)[C@@]3(C)C[C@H]3O[C@@]132. The number of carboxylic acid groups (broad SMARTS) is 1. The van der Waals surface area contributed by atoms with E-state index in [9.17, 15) is 38.7 Å². The molecule has 3 spiro atoms. The first-order chi connectivity index (χ1) is 27.8. The number of allylic oxidation sites excluding steroid dienone is 4. The summed E-state index contributed by atoms with van der Waals surface area (Å²) in [5.74, 6) is -2.27. The average Bonchev–Trinajstić information content (AvgIpc) is 3.40. The van der Waals surface area contributed by atoms with E-state index in [4.69, 9.17) is 14.2 Å². The van der Waals surface area contributed by atoms with Gasteiger partial charge in [0.05, 0.1) is 12.0 Å². The maximum absolute atomic E-state index is 13.1. The molecule has 1 N–H and O–H groups in total. The molecule has 3 aliphatic heterocycles. The lowest BCUT2D eigenvalue weighted by Gasteiger charge is -2.58. The zero-order valence-electron chi connectivity index (χ0n) is 35.1. The van der Waals surface area contributed by atoms with Crippen molar-refractivity contribution in [2.24, 2.45) is 57.2 Å². The van der Waals surface area contributed by atoms with Crippen molar-refractivity contribution >= 4 is 41.0 Å². The van der Waals surface area contributed by atoms with Crippen molar-refractivity contribution in [2.75, 3.05) is 0 Å². The van der Waals surface area contributed by atoms with Crippen molar-refractivity contribution in [1.82, 2.24) is 0 Å². The van der Waals surface area contributed by atoms with Crippen LogP contribution in [0.1, 0.15) is 137 Å². The Morgan fingerprint density at radius 1 is 0.712 bits per heavy atom. The van der Waals surface area contributed by atoms with Crippen molar-refractivity contribution in [3.63, 3.8) is 0 Å². The second kappa shape index (κ2) is 12.4. The van der Waals surface area contributed by atoms with Gasteiger partial charge in [-0.15, -0.1) is 0 Å². The van der Waals surface area contributed by atoms with Gasteiger partial charge >= 0.3 is 17.9 Å². The summed E-state index contributed by atoms with van der Waals surface area (Å²) in [6, 6.07) is 0. The molecule has 3 saturated heterocycles. The van der Waals surface area contributed by atoms with Gasteiger partial charge < -0.3 is 19.3 Å². The number of epoxide rings is 1. The zero-order valence-corrected chi connectivity index (χ0v) is 35.1. The fourth-order valence-electron chi connectivity index (χ4n) is 16.2. The number of carbonyl (C=O) groups is 7. The van der Waals surface area contributed by atoms with Gasteiger partial charge in [-0.2, -0.15) is 0 Å². The number of rotatable bonds is 3. The fourth-order valence-corrected chi connectivity index (χ4v) is 16.2. The lowest BCUT2D eigenvalue weighted by Crippen LogP contribution is -2.63. The Morgan fingerprint density at radius 2 is 1.31 bits per heavy atom. The number of carbonyl (C=O) groups excluding carboxylic acids is 6. The Hall–Kier alpha value is -3.73. The van der Waals surface area contributed by atoms with E-state index in [1.165, 1.54) is 12.5 Å². The maximum Gasteiger partial charge on any atom is 0.307 e. The molecule has 11 rings (SSSR count). The van der Waals surface area contributed by atoms with Crippen molar-refractivity contribution < 1.29 is 52.9 Å². The number of Topliss-reactive ketones (excluding diaryl/α,β-unsaturated/α-hetero) is 2. The Bertz CT molecular complexity index is 2130. The molecule has 8 fully saturated rings. The van der Waals surface area contributed by atoms with Crippen LogP contribution < -0.4 is 0 Å². The van der Waals surface area contributed by atoms with E-state index in [0.29, 0.717) is 38.5 Å². The summed E-state index contributed by atoms with van der Waals surface area (Å²) in [5.41, 5.74) is 0.897. The first-order valence-electron chi connectivity index (χ1n) is 22.4. The van der Waals surface area contributed by atoms with Crippen molar-refractivity contribution in [3.8, 4) is 0 Å². The number of carboxylic acids is 1. The van der Waals surface area contributed by atoms with Gasteiger partial charge in [0.25, 0.3) is 0 Å². The van der Waals surface area contributed by atoms with Gasteiger partial charge in [0.2, 0.25) is 5.78 Å². The molecule has 5 saturated carbocycles. The van der Waals surface area contributed by atoms with Gasteiger partial charge in [0.1, 0.15) is 16.8 Å². The Balaban J connectivity index is 0.000000143. The van der Waals surface area contributed by atoms with Crippen LogP contribution in [-0.4, -0.2) is 69.1 Å². The number of esters is 2. The molecule has 11 heteroatoms. The summed E-state index contributed by atoms with van der Waals surface area (Å²) in [4.78, 5) is 86.1. The normalized spacial score (nSPS) is 49.6. The number of fused-ring (bicyclic) bond motifs is 10. The molecule has 0 amide bonds. The minimum atomic E-state index is -0.793. The Kier molecular flexibility index (Phi) is 8.31. The summed E-state index contributed by atoms with van der Waals surface area (Å²) in [7, 11) is 0. The van der Waals surface area contributed by atoms with Crippen LogP contribution in [0.2, 0.25) is 0 Å². The monoisotopic (exact) mass is 810 g/mol. The van der Waals surface area contributed by atoms with Crippen LogP contribution in [0, 0.1) is 57.2 Å². The highest BCUT2D eigenvalue weighted by Crippen LogP contribution is 2.78. The summed E-state index contributed by atoms with van der Waals surface area (Å²) in [6.45, 7) is 10.2. The van der Waals surface area contributed by atoms with Gasteiger partial charge in [-0.3, -0.25) is 33.6 Å².